The van der Waals surface area contributed by atoms with Gasteiger partial charge in [-0.25, -0.2) is 4.79 Å². The van der Waals surface area contributed by atoms with E-state index in [9.17, 15) is 19.5 Å². The van der Waals surface area contributed by atoms with Crippen LogP contribution in [0.25, 0.3) is 0 Å². The first-order chi connectivity index (χ1) is 47.6. The summed E-state index contributed by atoms with van der Waals surface area (Å²) in [7, 11) is 5.98. The van der Waals surface area contributed by atoms with Crippen molar-refractivity contribution in [2.45, 2.75) is 360 Å². The zero-order valence-corrected chi connectivity index (χ0v) is 63.7. The number of unbranched alkanes of at least 4 members (excludes halogenated alkanes) is 37. The molecule has 0 heterocycles. The monoisotopic (exact) mass is 1350 g/mol. The molecule has 0 aliphatic carbocycles. The number of aliphatic carboxylic acids is 1. The Labute approximate surface area is 599 Å². The molecule has 2 atom stereocenters. The number of esters is 2. The van der Waals surface area contributed by atoms with E-state index in [1.165, 1.54) is 205 Å². The van der Waals surface area contributed by atoms with Crippen LogP contribution in [0.1, 0.15) is 348 Å². The van der Waals surface area contributed by atoms with E-state index >= 15 is 0 Å². The average Bonchev–Trinajstić information content (AvgIpc) is 2.39. The number of carboxylic acids is 1. The van der Waals surface area contributed by atoms with Crippen molar-refractivity contribution in [3.05, 3.63) is 134 Å². The average molecular weight is 1350 g/mol. The Balaban J connectivity index is 4.06. The van der Waals surface area contributed by atoms with Gasteiger partial charge in [-0.15, -0.1) is 0 Å². The maximum atomic E-state index is 13.0. The number of quaternary nitrogens is 1. The molecule has 9 nitrogen and oxygen atoms in total. The van der Waals surface area contributed by atoms with Crippen LogP contribution >= 0.6 is 0 Å². The number of hydrogen-bond acceptors (Lipinski definition) is 7. The van der Waals surface area contributed by atoms with Gasteiger partial charge in [0.2, 0.25) is 0 Å². The molecule has 0 amide bonds. The number of rotatable bonds is 74. The highest BCUT2D eigenvalue weighted by Gasteiger charge is 2.25. The van der Waals surface area contributed by atoms with E-state index in [0.29, 0.717) is 23.9 Å². The second-order valence-electron chi connectivity index (χ2n) is 28.0. The Hall–Kier alpha value is -4.57. The number of hydrogen-bond donors (Lipinski definition) is 1. The van der Waals surface area contributed by atoms with Gasteiger partial charge in [-0.05, 0) is 116 Å². The van der Waals surface area contributed by atoms with Gasteiger partial charge in [0.25, 0.3) is 6.29 Å². The van der Waals surface area contributed by atoms with Gasteiger partial charge in [0.15, 0.2) is 6.10 Å². The molecule has 0 aromatic carbocycles. The number of ether oxygens (including phenoxy) is 4. The van der Waals surface area contributed by atoms with E-state index in [2.05, 4.69) is 148 Å². The van der Waals surface area contributed by atoms with Gasteiger partial charge in [-0.1, -0.05) is 353 Å². The van der Waals surface area contributed by atoms with Gasteiger partial charge < -0.3 is 28.5 Å². The maximum absolute atomic E-state index is 13.0. The summed E-state index contributed by atoms with van der Waals surface area (Å²) in [6.45, 7) is 4.78. The first-order valence-corrected chi connectivity index (χ1v) is 40.3. The normalized spacial score (nSPS) is 13.4. The molecule has 97 heavy (non-hydrogen) atoms. The Morgan fingerprint density at radius 3 is 0.876 bits per heavy atom. The van der Waals surface area contributed by atoms with E-state index in [-0.39, 0.29) is 32.2 Å². The van der Waals surface area contributed by atoms with Crippen molar-refractivity contribution < 1.29 is 42.9 Å². The number of likely N-dealkylation sites (N-methyl/N-ethyl adjacent to an activating group) is 1. The first kappa shape index (κ1) is 92.4. The lowest BCUT2D eigenvalue weighted by Gasteiger charge is -2.25. The Morgan fingerprint density at radius 2 is 0.588 bits per heavy atom. The van der Waals surface area contributed by atoms with Gasteiger partial charge in [-0.2, -0.15) is 0 Å². The third kappa shape index (κ3) is 78.6. The quantitative estimate of drug-likeness (QED) is 0.0211. The Bertz CT molecular complexity index is 2060. The lowest BCUT2D eigenvalue weighted by molar-refractivity contribution is -0.870. The van der Waals surface area contributed by atoms with Crippen LogP contribution in [0.15, 0.2) is 134 Å². The fraction of sp³-hybridized carbons (Fsp3) is 0.716. The van der Waals surface area contributed by atoms with Crippen LogP contribution in [0.3, 0.4) is 0 Å². The number of carboxylic acid groups (broad SMARTS) is 1. The fourth-order valence-electron chi connectivity index (χ4n) is 11.3. The SMILES string of the molecule is CC/C=C\C/C=C\C/C=C\C/C=C\C/C=C\C/C=C\C/C=C\C/C=C\C/C=C\CCCCCCCCCCCCCC(=O)OC(COC(=O)CCCCCCCCCCCCCCCCCCCCCCC/C=C\C/C=C\CCCCCCC)COC(OCC[N+](C)(C)C)C(=O)O. The second-order valence-corrected chi connectivity index (χ2v) is 28.0. The van der Waals surface area contributed by atoms with E-state index in [1.807, 2.05) is 21.1 Å². The van der Waals surface area contributed by atoms with E-state index < -0.39 is 24.3 Å². The summed E-state index contributed by atoms with van der Waals surface area (Å²) in [4.78, 5) is 37.8. The lowest BCUT2D eigenvalue weighted by atomic mass is 10.0. The zero-order chi connectivity index (χ0) is 70.4. The lowest BCUT2D eigenvalue weighted by Crippen LogP contribution is -2.40. The van der Waals surface area contributed by atoms with Crippen LogP contribution in [-0.4, -0.2) is 87.4 Å². The minimum Gasteiger partial charge on any atom is -0.477 e. The van der Waals surface area contributed by atoms with Gasteiger partial charge in [0.05, 0.1) is 34.4 Å². The van der Waals surface area contributed by atoms with Crippen molar-refractivity contribution in [1.82, 2.24) is 0 Å². The summed E-state index contributed by atoms with van der Waals surface area (Å²) in [5.74, 6) is -2.00. The predicted molar refractivity (Wildman–Crippen MR) is 419 cm³/mol. The van der Waals surface area contributed by atoms with E-state index in [4.69, 9.17) is 18.9 Å². The van der Waals surface area contributed by atoms with Gasteiger partial charge in [0.1, 0.15) is 13.2 Å². The van der Waals surface area contributed by atoms with Crippen molar-refractivity contribution in [2.75, 3.05) is 47.5 Å². The summed E-state index contributed by atoms with van der Waals surface area (Å²) in [6, 6.07) is 0. The maximum Gasteiger partial charge on any atom is 0.361 e. The molecule has 556 valence electrons. The molecular formula is C88H152NO8+. The van der Waals surface area contributed by atoms with Crippen LogP contribution in [0.2, 0.25) is 0 Å². The smallest absolute Gasteiger partial charge is 0.361 e. The molecule has 0 aliphatic rings. The number of carbonyl (C=O) groups is 3. The summed E-state index contributed by atoms with van der Waals surface area (Å²) in [5.41, 5.74) is 0. The number of carbonyl (C=O) groups excluding carboxylic acids is 2. The molecule has 0 aliphatic heterocycles. The molecule has 0 fully saturated rings. The summed E-state index contributed by atoms with van der Waals surface area (Å²) in [6.07, 6.45) is 109. The van der Waals surface area contributed by atoms with Crippen molar-refractivity contribution >= 4 is 17.9 Å². The molecule has 0 aromatic rings. The minimum absolute atomic E-state index is 0.183. The van der Waals surface area contributed by atoms with Crippen molar-refractivity contribution in [3.8, 4) is 0 Å². The summed E-state index contributed by atoms with van der Waals surface area (Å²) >= 11 is 0. The zero-order valence-electron chi connectivity index (χ0n) is 63.7. The minimum atomic E-state index is -1.52. The van der Waals surface area contributed by atoms with Crippen LogP contribution in [0, 0.1) is 0 Å². The van der Waals surface area contributed by atoms with Gasteiger partial charge >= 0.3 is 17.9 Å². The molecule has 0 saturated heterocycles. The molecule has 0 bridgehead atoms. The van der Waals surface area contributed by atoms with Crippen molar-refractivity contribution in [1.29, 1.82) is 0 Å². The molecule has 9 heteroatoms. The Kier molecular flexibility index (Phi) is 73.5. The standard InChI is InChI=1S/C88H151NO8/c1-6-8-10-12-14-16-18-20-22-24-26-28-30-32-34-36-38-40-41-42-43-44-45-47-49-51-53-55-57-59-61-63-65-67-69-71-73-75-77-79-86(91)97-84(83-96-88(87(92)93)94-81-80-89(3,4)5)82-95-85(90)78-76-74-72-70-68-66-64-62-60-58-56-54-52-50-48-46-39-37-35-33-31-29-27-25-23-21-19-17-15-13-11-9-7-2/h8,10,14,16,19-22,25-28,32,34,38,40,42-43,45,47,51,53,84,88H,6-7,9,11-13,15,17-18,23-24,29-31,33,35-37,39,41,44,46,48-50,52,54-83H2,1-5H3/p+1/b10-8-,16-14-,21-19-,22-20-,27-25-,28-26-,34-32-,40-38-,43-42-,47-45-,53-51-. The van der Waals surface area contributed by atoms with Crippen LogP contribution < -0.4 is 0 Å². The second kappa shape index (κ2) is 77.2. The molecule has 0 aromatic heterocycles. The van der Waals surface area contributed by atoms with Gasteiger partial charge in [0, 0.05) is 12.8 Å². The van der Waals surface area contributed by atoms with Crippen molar-refractivity contribution in [3.63, 3.8) is 0 Å². The molecule has 1 N–H and O–H groups in total. The molecule has 0 spiro atoms. The third-order valence-electron chi connectivity index (χ3n) is 17.4. The molecular weight excluding hydrogens is 1200 g/mol. The number of nitrogens with zero attached hydrogens (tertiary/aromatic N) is 1. The third-order valence-corrected chi connectivity index (χ3v) is 17.4. The number of allylic oxidation sites excluding steroid dienone is 22. The van der Waals surface area contributed by atoms with Crippen LogP contribution in [0.5, 0.6) is 0 Å². The highest BCUT2D eigenvalue weighted by Crippen LogP contribution is 2.18. The molecule has 2 unspecified atom stereocenters. The first-order valence-electron chi connectivity index (χ1n) is 40.3. The van der Waals surface area contributed by atoms with Crippen molar-refractivity contribution in [2.24, 2.45) is 0 Å². The van der Waals surface area contributed by atoms with Crippen LogP contribution in [-0.2, 0) is 33.3 Å². The van der Waals surface area contributed by atoms with Crippen LogP contribution in [0.4, 0.5) is 0 Å². The summed E-state index contributed by atoms with van der Waals surface area (Å²) in [5, 5.41) is 9.78. The topological polar surface area (TPSA) is 108 Å². The molecule has 0 saturated carbocycles. The summed E-state index contributed by atoms with van der Waals surface area (Å²) < 4.78 is 23.0. The van der Waals surface area contributed by atoms with E-state index in [0.717, 1.165) is 109 Å². The Morgan fingerprint density at radius 1 is 0.320 bits per heavy atom. The fourth-order valence-corrected chi connectivity index (χ4v) is 11.3. The molecule has 0 radical (unpaired) electrons. The highest BCUT2D eigenvalue weighted by molar-refractivity contribution is 5.71. The van der Waals surface area contributed by atoms with Gasteiger partial charge in [-0.3, -0.25) is 9.59 Å². The van der Waals surface area contributed by atoms with E-state index in [1.54, 1.807) is 0 Å². The predicted octanol–water partition coefficient (Wildman–Crippen LogP) is 26.0. The highest BCUT2D eigenvalue weighted by atomic mass is 16.7. The largest absolute Gasteiger partial charge is 0.477 e. The molecule has 0 rings (SSSR count).